The van der Waals surface area contributed by atoms with E-state index in [2.05, 4.69) is 11.1 Å². The van der Waals surface area contributed by atoms with Gasteiger partial charge in [0.2, 0.25) is 0 Å². The third kappa shape index (κ3) is 3.92. The molecule has 0 fully saturated rings. The van der Waals surface area contributed by atoms with Crippen molar-refractivity contribution >= 4 is 46.4 Å². The van der Waals surface area contributed by atoms with Gasteiger partial charge in [0.05, 0.1) is 38.3 Å². The summed E-state index contributed by atoms with van der Waals surface area (Å²) in [6.07, 6.45) is 1.91. The lowest BCUT2D eigenvalue weighted by molar-refractivity contribution is 1.12. The molecule has 2 aromatic carbocycles. The summed E-state index contributed by atoms with van der Waals surface area (Å²) in [6, 6.07) is 14.8. The first kappa shape index (κ1) is 18.0. The second kappa shape index (κ2) is 7.64. The Bertz CT molecular complexity index is 993. The molecule has 0 aliphatic carbocycles. The Morgan fingerprint density at radius 3 is 1.96 bits per heavy atom. The van der Waals surface area contributed by atoms with Crippen LogP contribution in [0.5, 0.6) is 0 Å². The SMILES string of the molecule is N#CCc1ncc(-c2ccc(Cl)c(Cl)c2)cc1-c1ccc(Cl)c(Cl)c1. The molecule has 3 aromatic rings. The summed E-state index contributed by atoms with van der Waals surface area (Å²) in [5.74, 6) is 0. The zero-order valence-electron chi connectivity index (χ0n) is 12.7. The summed E-state index contributed by atoms with van der Waals surface area (Å²) in [5, 5.41) is 11.0. The van der Waals surface area contributed by atoms with Crippen LogP contribution in [0, 0.1) is 11.3 Å². The van der Waals surface area contributed by atoms with Crippen LogP contribution in [0.4, 0.5) is 0 Å². The van der Waals surface area contributed by atoms with Crippen LogP contribution in [0.15, 0.2) is 48.7 Å². The van der Waals surface area contributed by atoms with Crippen LogP contribution >= 0.6 is 46.4 Å². The Morgan fingerprint density at radius 1 is 0.760 bits per heavy atom. The van der Waals surface area contributed by atoms with Gasteiger partial charge in [0, 0.05) is 17.3 Å². The quantitative estimate of drug-likeness (QED) is 0.464. The Kier molecular flexibility index (Phi) is 5.51. The van der Waals surface area contributed by atoms with Crippen molar-refractivity contribution in [3.8, 4) is 28.3 Å². The number of hydrogen-bond acceptors (Lipinski definition) is 2. The summed E-state index contributed by atoms with van der Waals surface area (Å²) >= 11 is 24.2. The number of benzene rings is 2. The third-order valence-electron chi connectivity index (χ3n) is 3.70. The van der Waals surface area contributed by atoms with E-state index in [0.717, 1.165) is 22.3 Å². The van der Waals surface area contributed by atoms with Gasteiger partial charge in [-0.1, -0.05) is 58.5 Å². The number of nitrogens with zero attached hydrogens (tertiary/aromatic N) is 2. The van der Waals surface area contributed by atoms with Crippen LogP contribution in [0.3, 0.4) is 0 Å². The average molecular weight is 408 g/mol. The van der Waals surface area contributed by atoms with Crippen molar-refractivity contribution in [3.05, 3.63) is 74.4 Å². The minimum Gasteiger partial charge on any atom is -0.259 e. The number of halogens is 4. The fraction of sp³-hybridized carbons (Fsp3) is 0.0526. The van der Waals surface area contributed by atoms with Crippen molar-refractivity contribution in [1.29, 1.82) is 5.26 Å². The van der Waals surface area contributed by atoms with Gasteiger partial charge in [0.25, 0.3) is 0 Å². The van der Waals surface area contributed by atoms with Crippen molar-refractivity contribution < 1.29 is 0 Å². The molecule has 124 valence electrons. The minimum absolute atomic E-state index is 0.192. The van der Waals surface area contributed by atoms with Crippen molar-refractivity contribution in [3.63, 3.8) is 0 Å². The summed E-state index contributed by atoms with van der Waals surface area (Å²) in [6.45, 7) is 0. The maximum atomic E-state index is 9.07. The zero-order chi connectivity index (χ0) is 18.0. The summed E-state index contributed by atoms with van der Waals surface area (Å²) in [5.41, 5.74) is 4.08. The molecule has 0 spiro atoms. The molecule has 25 heavy (non-hydrogen) atoms. The van der Waals surface area contributed by atoms with E-state index in [1.807, 2.05) is 18.2 Å². The molecule has 0 saturated carbocycles. The van der Waals surface area contributed by atoms with E-state index in [9.17, 15) is 0 Å². The van der Waals surface area contributed by atoms with Gasteiger partial charge < -0.3 is 0 Å². The normalized spacial score (nSPS) is 10.5. The molecule has 3 rings (SSSR count). The van der Waals surface area contributed by atoms with Gasteiger partial charge in [0.1, 0.15) is 0 Å². The third-order valence-corrected chi connectivity index (χ3v) is 5.18. The van der Waals surface area contributed by atoms with Gasteiger partial charge in [-0.3, -0.25) is 4.98 Å². The number of pyridine rings is 1. The summed E-state index contributed by atoms with van der Waals surface area (Å²) in [7, 11) is 0. The number of rotatable bonds is 3. The number of nitriles is 1. The van der Waals surface area contributed by atoms with Crippen molar-refractivity contribution in [2.24, 2.45) is 0 Å². The molecule has 0 bridgehead atoms. The van der Waals surface area contributed by atoms with Gasteiger partial charge in [0.15, 0.2) is 0 Å². The molecule has 0 saturated heterocycles. The van der Waals surface area contributed by atoms with Crippen molar-refractivity contribution in [1.82, 2.24) is 4.98 Å². The molecule has 0 atom stereocenters. The van der Waals surface area contributed by atoms with E-state index in [0.29, 0.717) is 25.8 Å². The van der Waals surface area contributed by atoms with Gasteiger partial charge in [-0.25, -0.2) is 0 Å². The molecule has 1 aromatic heterocycles. The predicted molar refractivity (Wildman–Crippen MR) is 104 cm³/mol. The highest BCUT2D eigenvalue weighted by atomic mass is 35.5. The highest BCUT2D eigenvalue weighted by molar-refractivity contribution is 6.42. The van der Waals surface area contributed by atoms with Crippen LogP contribution in [0.25, 0.3) is 22.3 Å². The van der Waals surface area contributed by atoms with E-state index in [-0.39, 0.29) is 6.42 Å². The fourth-order valence-electron chi connectivity index (χ4n) is 2.46. The fourth-order valence-corrected chi connectivity index (χ4v) is 3.05. The molecule has 1 heterocycles. The maximum Gasteiger partial charge on any atom is 0.0781 e. The number of hydrogen-bond donors (Lipinski definition) is 0. The second-order valence-corrected chi connectivity index (χ2v) is 6.94. The molecular formula is C19H10Cl4N2. The molecular weight excluding hydrogens is 398 g/mol. The van der Waals surface area contributed by atoms with E-state index in [1.165, 1.54) is 0 Å². The van der Waals surface area contributed by atoms with Crippen LogP contribution in [0.2, 0.25) is 20.1 Å². The van der Waals surface area contributed by atoms with Gasteiger partial charge in [-0.15, -0.1) is 0 Å². The standard InChI is InChI=1S/C19H10Cl4N2/c20-15-3-1-11(8-17(15)22)13-7-14(19(5-6-24)25-10-13)12-2-4-16(21)18(23)9-12/h1-4,7-10H,5H2. The zero-order valence-corrected chi connectivity index (χ0v) is 15.8. The first-order valence-corrected chi connectivity index (χ1v) is 8.77. The monoisotopic (exact) mass is 406 g/mol. The highest BCUT2D eigenvalue weighted by Gasteiger charge is 2.12. The smallest absolute Gasteiger partial charge is 0.0781 e. The molecule has 0 radical (unpaired) electrons. The van der Waals surface area contributed by atoms with Crippen molar-refractivity contribution in [2.45, 2.75) is 6.42 Å². The summed E-state index contributed by atoms with van der Waals surface area (Å²) in [4.78, 5) is 4.45. The van der Waals surface area contributed by atoms with Gasteiger partial charge >= 0.3 is 0 Å². The second-order valence-electron chi connectivity index (χ2n) is 5.31. The van der Waals surface area contributed by atoms with E-state index in [4.69, 9.17) is 51.7 Å². The van der Waals surface area contributed by atoms with E-state index >= 15 is 0 Å². The Balaban J connectivity index is 2.16. The molecule has 6 heteroatoms. The lowest BCUT2D eigenvalue weighted by Crippen LogP contribution is -1.95. The molecule has 0 aliphatic rings. The van der Waals surface area contributed by atoms with E-state index in [1.54, 1.807) is 30.5 Å². The van der Waals surface area contributed by atoms with Crippen molar-refractivity contribution in [2.75, 3.05) is 0 Å². The Labute approximate surface area is 165 Å². The molecule has 0 amide bonds. The highest BCUT2D eigenvalue weighted by Crippen LogP contribution is 2.34. The lowest BCUT2D eigenvalue weighted by atomic mass is 9.98. The Hall–Kier alpha value is -1.76. The van der Waals surface area contributed by atoms with E-state index < -0.39 is 0 Å². The topological polar surface area (TPSA) is 36.7 Å². The molecule has 0 N–H and O–H groups in total. The predicted octanol–water partition coefficient (Wildman–Crippen LogP) is 7.10. The maximum absolute atomic E-state index is 9.07. The van der Waals surface area contributed by atoms with Crippen LogP contribution < -0.4 is 0 Å². The summed E-state index contributed by atoms with van der Waals surface area (Å²) < 4.78 is 0. The molecule has 2 nitrogen and oxygen atoms in total. The van der Waals surface area contributed by atoms with Crippen LogP contribution in [0.1, 0.15) is 5.69 Å². The van der Waals surface area contributed by atoms with Crippen LogP contribution in [-0.2, 0) is 6.42 Å². The minimum atomic E-state index is 0.192. The van der Waals surface area contributed by atoms with Crippen LogP contribution in [-0.4, -0.2) is 4.98 Å². The van der Waals surface area contributed by atoms with Gasteiger partial charge in [-0.2, -0.15) is 5.26 Å². The molecule has 0 aliphatic heterocycles. The number of aromatic nitrogens is 1. The largest absolute Gasteiger partial charge is 0.259 e. The lowest BCUT2D eigenvalue weighted by Gasteiger charge is -2.11. The first-order chi connectivity index (χ1) is 12.0. The Morgan fingerprint density at radius 2 is 1.36 bits per heavy atom. The van der Waals surface area contributed by atoms with Gasteiger partial charge in [-0.05, 0) is 41.5 Å². The first-order valence-electron chi connectivity index (χ1n) is 7.26. The molecule has 0 unspecified atom stereocenters. The average Bonchev–Trinajstić information content (AvgIpc) is 2.60.